The Labute approximate surface area is 126 Å². The molecular weight excluding hydrogens is 264 g/mol. The molecule has 0 aliphatic heterocycles. The SMILES string of the molecule is CC(CC(O)c1ccc2c(c1)n(C)c(=O)n2C)C(C)(C)C. The summed E-state index contributed by atoms with van der Waals surface area (Å²) in [7, 11) is 3.53. The number of benzene rings is 1. The van der Waals surface area contributed by atoms with E-state index < -0.39 is 6.10 Å². The second-order valence-electron chi connectivity index (χ2n) is 7.17. The number of imidazole rings is 1. The summed E-state index contributed by atoms with van der Waals surface area (Å²) in [6.45, 7) is 8.73. The molecule has 0 saturated carbocycles. The first-order valence-electron chi connectivity index (χ1n) is 7.46. The summed E-state index contributed by atoms with van der Waals surface area (Å²) in [5.41, 5.74) is 2.76. The molecule has 1 heterocycles. The van der Waals surface area contributed by atoms with Crippen LogP contribution < -0.4 is 5.69 Å². The fraction of sp³-hybridized carbons (Fsp3) is 0.588. The van der Waals surface area contributed by atoms with Crippen molar-refractivity contribution < 1.29 is 5.11 Å². The Morgan fingerprint density at radius 3 is 2.29 bits per heavy atom. The number of fused-ring (bicyclic) bond motifs is 1. The van der Waals surface area contributed by atoms with Gasteiger partial charge in [0.05, 0.1) is 17.1 Å². The zero-order chi connectivity index (χ0) is 15.9. The van der Waals surface area contributed by atoms with Crippen LogP contribution in [-0.2, 0) is 14.1 Å². The third-order valence-corrected chi connectivity index (χ3v) is 4.74. The van der Waals surface area contributed by atoms with Gasteiger partial charge in [-0.05, 0) is 35.4 Å². The summed E-state index contributed by atoms with van der Waals surface area (Å²) in [5.74, 6) is 0.405. The molecule has 0 spiro atoms. The maximum atomic E-state index is 11.9. The molecule has 0 saturated heterocycles. The van der Waals surface area contributed by atoms with Gasteiger partial charge >= 0.3 is 5.69 Å². The van der Waals surface area contributed by atoms with Gasteiger partial charge in [0.25, 0.3) is 0 Å². The molecule has 0 fully saturated rings. The number of aryl methyl sites for hydroxylation is 2. The zero-order valence-corrected chi connectivity index (χ0v) is 13.8. The number of rotatable bonds is 3. The maximum Gasteiger partial charge on any atom is 0.328 e. The number of nitrogens with zero attached hydrogens (tertiary/aromatic N) is 2. The van der Waals surface area contributed by atoms with E-state index in [1.165, 1.54) is 0 Å². The van der Waals surface area contributed by atoms with Crippen molar-refractivity contribution in [3.8, 4) is 0 Å². The second-order valence-corrected chi connectivity index (χ2v) is 7.17. The predicted octanol–water partition coefficient (Wildman–Crippen LogP) is 2.98. The van der Waals surface area contributed by atoms with Gasteiger partial charge in [0, 0.05) is 14.1 Å². The molecule has 0 aliphatic rings. The predicted molar refractivity (Wildman–Crippen MR) is 86.4 cm³/mol. The lowest BCUT2D eigenvalue weighted by molar-refractivity contribution is 0.111. The van der Waals surface area contributed by atoms with Gasteiger partial charge in [-0.1, -0.05) is 33.8 Å². The minimum absolute atomic E-state index is 0.0419. The van der Waals surface area contributed by atoms with E-state index in [1.54, 1.807) is 23.2 Å². The first-order chi connectivity index (χ1) is 9.62. The van der Waals surface area contributed by atoms with Crippen LogP contribution in [-0.4, -0.2) is 14.2 Å². The molecule has 0 aliphatic carbocycles. The lowest BCUT2D eigenvalue weighted by atomic mass is 9.78. The minimum atomic E-state index is -0.501. The fourth-order valence-corrected chi connectivity index (χ4v) is 2.56. The molecule has 4 nitrogen and oxygen atoms in total. The van der Waals surface area contributed by atoms with E-state index in [4.69, 9.17) is 0 Å². The fourth-order valence-electron chi connectivity index (χ4n) is 2.56. The minimum Gasteiger partial charge on any atom is -0.388 e. The van der Waals surface area contributed by atoms with Crippen LogP contribution >= 0.6 is 0 Å². The normalized spacial score (nSPS) is 15.4. The zero-order valence-electron chi connectivity index (χ0n) is 13.8. The quantitative estimate of drug-likeness (QED) is 0.944. The van der Waals surface area contributed by atoms with Gasteiger partial charge < -0.3 is 5.11 Å². The molecule has 116 valence electrons. The first kappa shape index (κ1) is 15.8. The lowest BCUT2D eigenvalue weighted by Crippen LogP contribution is -2.20. The summed E-state index contributed by atoms with van der Waals surface area (Å²) in [4.78, 5) is 11.9. The van der Waals surface area contributed by atoms with Crippen molar-refractivity contribution in [1.82, 2.24) is 9.13 Å². The van der Waals surface area contributed by atoms with Gasteiger partial charge in [0.1, 0.15) is 0 Å². The Bertz CT molecular complexity index is 704. The highest BCUT2D eigenvalue weighted by molar-refractivity contribution is 5.76. The van der Waals surface area contributed by atoms with E-state index >= 15 is 0 Å². The molecule has 0 radical (unpaired) electrons. The Morgan fingerprint density at radius 1 is 1.14 bits per heavy atom. The molecule has 2 aromatic rings. The van der Waals surface area contributed by atoms with Gasteiger partial charge in [-0.3, -0.25) is 9.13 Å². The Kier molecular flexibility index (Phi) is 4.02. The van der Waals surface area contributed by atoms with E-state index in [2.05, 4.69) is 27.7 Å². The van der Waals surface area contributed by atoms with Gasteiger partial charge in [-0.15, -0.1) is 0 Å². The maximum absolute atomic E-state index is 11.9. The van der Waals surface area contributed by atoms with Crippen LogP contribution in [0.3, 0.4) is 0 Å². The highest BCUT2D eigenvalue weighted by Gasteiger charge is 2.23. The van der Waals surface area contributed by atoms with Crippen LogP contribution in [0.2, 0.25) is 0 Å². The monoisotopic (exact) mass is 290 g/mol. The Morgan fingerprint density at radius 2 is 1.71 bits per heavy atom. The third-order valence-electron chi connectivity index (χ3n) is 4.74. The molecule has 0 bridgehead atoms. The molecule has 2 atom stereocenters. The van der Waals surface area contributed by atoms with E-state index in [-0.39, 0.29) is 11.1 Å². The van der Waals surface area contributed by atoms with Crippen LogP contribution in [0.4, 0.5) is 0 Å². The molecule has 2 rings (SSSR count). The molecule has 4 heteroatoms. The van der Waals surface area contributed by atoms with Crippen molar-refractivity contribution in [1.29, 1.82) is 0 Å². The van der Waals surface area contributed by atoms with Crippen LogP contribution in [0.15, 0.2) is 23.0 Å². The van der Waals surface area contributed by atoms with Crippen molar-refractivity contribution in [3.05, 3.63) is 34.2 Å². The number of aliphatic hydroxyl groups excluding tert-OH is 1. The molecular formula is C17H26N2O2. The third kappa shape index (κ3) is 2.91. The summed E-state index contributed by atoms with van der Waals surface area (Å²) in [6.07, 6.45) is 0.217. The second kappa shape index (κ2) is 5.34. The van der Waals surface area contributed by atoms with Crippen molar-refractivity contribution in [3.63, 3.8) is 0 Å². The van der Waals surface area contributed by atoms with Gasteiger partial charge in [-0.25, -0.2) is 4.79 Å². The average molecular weight is 290 g/mol. The van der Waals surface area contributed by atoms with E-state index in [9.17, 15) is 9.90 Å². The highest BCUT2D eigenvalue weighted by atomic mass is 16.3. The van der Waals surface area contributed by atoms with Gasteiger partial charge in [0.2, 0.25) is 0 Å². The largest absolute Gasteiger partial charge is 0.388 e. The standard InChI is InChI=1S/C17H26N2O2/c1-11(17(2,3)4)9-15(20)12-7-8-13-14(10-12)19(6)16(21)18(13)5/h7-8,10-11,15,20H,9H2,1-6H3. The van der Waals surface area contributed by atoms with Crippen LogP contribution in [0.5, 0.6) is 0 Å². The van der Waals surface area contributed by atoms with E-state index in [1.807, 2.05) is 18.2 Å². The summed E-state index contributed by atoms with van der Waals surface area (Å²) < 4.78 is 3.25. The average Bonchev–Trinajstić information content (AvgIpc) is 2.62. The van der Waals surface area contributed by atoms with E-state index in [0.29, 0.717) is 5.92 Å². The van der Waals surface area contributed by atoms with Crippen molar-refractivity contribution in [2.24, 2.45) is 25.4 Å². The molecule has 1 aromatic heterocycles. The van der Waals surface area contributed by atoms with Crippen LogP contribution in [0.25, 0.3) is 11.0 Å². The van der Waals surface area contributed by atoms with Crippen LogP contribution in [0.1, 0.15) is 45.8 Å². The molecule has 1 N–H and O–H groups in total. The Balaban J connectivity index is 2.35. The molecule has 0 amide bonds. The van der Waals surface area contributed by atoms with Crippen molar-refractivity contribution in [2.75, 3.05) is 0 Å². The first-order valence-corrected chi connectivity index (χ1v) is 7.46. The number of aromatic nitrogens is 2. The summed E-state index contributed by atoms with van der Waals surface area (Å²) >= 11 is 0. The molecule has 2 unspecified atom stereocenters. The van der Waals surface area contributed by atoms with Gasteiger partial charge in [-0.2, -0.15) is 0 Å². The highest BCUT2D eigenvalue weighted by Crippen LogP contribution is 2.33. The lowest BCUT2D eigenvalue weighted by Gasteiger charge is -2.29. The summed E-state index contributed by atoms with van der Waals surface area (Å²) in [5, 5.41) is 10.5. The molecule has 21 heavy (non-hydrogen) atoms. The van der Waals surface area contributed by atoms with E-state index in [0.717, 1.165) is 23.0 Å². The Hall–Kier alpha value is -1.55. The van der Waals surface area contributed by atoms with Crippen molar-refractivity contribution >= 4 is 11.0 Å². The van der Waals surface area contributed by atoms with Gasteiger partial charge in [0.15, 0.2) is 0 Å². The number of aliphatic hydroxyl groups is 1. The summed E-state index contributed by atoms with van der Waals surface area (Å²) in [6, 6.07) is 5.76. The number of hydrogen-bond acceptors (Lipinski definition) is 2. The number of hydrogen-bond donors (Lipinski definition) is 1. The van der Waals surface area contributed by atoms with Crippen molar-refractivity contribution in [2.45, 2.75) is 40.2 Å². The topological polar surface area (TPSA) is 47.2 Å². The smallest absolute Gasteiger partial charge is 0.328 e. The molecule has 1 aromatic carbocycles. The van der Waals surface area contributed by atoms with Crippen LogP contribution in [0, 0.1) is 11.3 Å².